The standard InChI is InChI=1S/C17H20F3N3O5S/c1-16(15(25)22-26,29(2,27)28)6-8-23-10-12(3-4-13(23)17(18,19)20)11-5-7-21-14(24)9-11/h3-5,7,9-10,13,26H,6,8H2,1-2H3,(H,21,24)(H,22,25)/t13?,16-/m1/s1. The van der Waals surface area contributed by atoms with Gasteiger partial charge in [-0.3, -0.25) is 14.8 Å². The second-order valence-electron chi connectivity index (χ2n) is 6.80. The Bertz CT molecular complexity index is 1000. The third-order valence-electron chi connectivity index (χ3n) is 4.81. The number of aromatic nitrogens is 1. The second kappa shape index (κ2) is 8.03. The number of hydrogen-bond donors (Lipinski definition) is 3. The largest absolute Gasteiger partial charge is 0.412 e. The third kappa shape index (κ3) is 4.88. The number of amides is 1. The van der Waals surface area contributed by atoms with Crippen LogP contribution < -0.4 is 11.0 Å². The zero-order chi connectivity index (χ0) is 22.0. The number of alkyl halides is 3. The van der Waals surface area contributed by atoms with Gasteiger partial charge in [0.2, 0.25) is 5.56 Å². The fourth-order valence-electron chi connectivity index (χ4n) is 2.83. The highest BCUT2D eigenvalue weighted by atomic mass is 32.2. The molecule has 160 valence electrons. The van der Waals surface area contributed by atoms with Crippen molar-refractivity contribution in [1.29, 1.82) is 0 Å². The highest BCUT2D eigenvalue weighted by molar-refractivity contribution is 7.92. The van der Waals surface area contributed by atoms with Crippen LogP contribution in [0.5, 0.6) is 0 Å². The summed E-state index contributed by atoms with van der Waals surface area (Å²) in [6, 6.07) is 0.667. The summed E-state index contributed by atoms with van der Waals surface area (Å²) in [6.45, 7) is 0.565. The lowest BCUT2D eigenvalue weighted by molar-refractivity contribution is -0.164. The van der Waals surface area contributed by atoms with Crippen molar-refractivity contribution >= 4 is 21.3 Å². The molecule has 0 spiro atoms. The molecule has 3 N–H and O–H groups in total. The Morgan fingerprint density at radius 3 is 2.55 bits per heavy atom. The van der Waals surface area contributed by atoms with Crippen LogP contribution in [0.2, 0.25) is 0 Å². The number of nitrogens with zero attached hydrogens (tertiary/aromatic N) is 1. The summed E-state index contributed by atoms with van der Waals surface area (Å²) >= 11 is 0. The number of sulfone groups is 1. The molecule has 2 rings (SSSR count). The SMILES string of the molecule is C[C@@](CCN1C=C(c2cc[nH]c(=O)c2)C=CC1C(F)(F)F)(C(=O)NO)S(C)(=O)=O. The number of carbonyl (C=O) groups is 1. The summed E-state index contributed by atoms with van der Waals surface area (Å²) in [4.78, 5) is 26.6. The highest BCUT2D eigenvalue weighted by Crippen LogP contribution is 2.33. The summed E-state index contributed by atoms with van der Waals surface area (Å²) < 4.78 is 62.3. The number of hydrogen-bond acceptors (Lipinski definition) is 6. The van der Waals surface area contributed by atoms with Crippen LogP contribution in [0.15, 0.2) is 41.5 Å². The molecule has 1 unspecified atom stereocenters. The molecular weight excluding hydrogens is 415 g/mol. The molecule has 2 atom stereocenters. The van der Waals surface area contributed by atoms with E-state index in [1.165, 1.54) is 29.9 Å². The zero-order valence-corrected chi connectivity index (χ0v) is 16.3. The number of pyridine rings is 1. The van der Waals surface area contributed by atoms with Crippen molar-refractivity contribution in [2.45, 2.75) is 30.3 Å². The summed E-state index contributed by atoms with van der Waals surface area (Å²) in [6.07, 6.45) is 0.202. The predicted octanol–water partition coefficient (Wildman–Crippen LogP) is 1.22. The van der Waals surface area contributed by atoms with Crippen LogP contribution in [0, 0.1) is 0 Å². The van der Waals surface area contributed by atoms with Crippen molar-refractivity contribution in [3.63, 3.8) is 0 Å². The number of H-pyrrole nitrogens is 1. The number of allylic oxidation sites excluding steroid dienone is 2. The van der Waals surface area contributed by atoms with Crippen LogP contribution in [0.4, 0.5) is 13.2 Å². The molecule has 8 nitrogen and oxygen atoms in total. The summed E-state index contributed by atoms with van der Waals surface area (Å²) in [7, 11) is -4.06. The van der Waals surface area contributed by atoms with E-state index in [1.807, 2.05) is 0 Å². The maximum absolute atomic E-state index is 13.4. The van der Waals surface area contributed by atoms with Gasteiger partial charge < -0.3 is 9.88 Å². The first-order valence-corrected chi connectivity index (χ1v) is 10.2. The molecule has 12 heteroatoms. The minimum atomic E-state index is -4.66. The molecule has 0 fully saturated rings. The van der Waals surface area contributed by atoms with Gasteiger partial charge in [0.15, 0.2) is 14.6 Å². The monoisotopic (exact) mass is 435 g/mol. The Morgan fingerprint density at radius 1 is 1.38 bits per heavy atom. The summed E-state index contributed by atoms with van der Waals surface area (Å²) in [5.74, 6) is -1.24. The van der Waals surface area contributed by atoms with E-state index in [0.717, 1.165) is 30.4 Å². The van der Waals surface area contributed by atoms with Crippen LogP contribution in [0.3, 0.4) is 0 Å². The van der Waals surface area contributed by atoms with Crippen LogP contribution in [0.25, 0.3) is 5.57 Å². The van der Waals surface area contributed by atoms with Gasteiger partial charge in [-0.2, -0.15) is 13.2 Å². The number of carbonyl (C=O) groups excluding carboxylic acids is 1. The van der Waals surface area contributed by atoms with Crippen molar-refractivity contribution in [3.05, 3.63) is 52.6 Å². The minimum Gasteiger partial charge on any atom is -0.362 e. The molecule has 0 saturated carbocycles. The van der Waals surface area contributed by atoms with E-state index in [1.54, 1.807) is 0 Å². The number of nitrogens with one attached hydrogen (secondary N) is 2. The molecule has 2 heterocycles. The topological polar surface area (TPSA) is 120 Å². The Morgan fingerprint density at radius 2 is 2.03 bits per heavy atom. The van der Waals surface area contributed by atoms with E-state index < -0.39 is 51.2 Å². The normalized spacial score (nSPS) is 19.4. The first-order valence-electron chi connectivity index (χ1n) is 8.35. The van der Waals surface area contributed by atoms with Gasteiger partial charge >= 0.3 is 6.18 Å². The Balaban J connectivity index is 2.40. The molecule has 1 aliphatic heterocycles. The fourth-order valence-corrected chi connectivity index (χ4v) is 3.68. The van der Waals surface area contributed by atoms with Crippen molar-refractivity contribution in [3.8, 4) is 0 Å². The number of hydroxylamine groups is 1. The molecule has 0 aromatic carbocycles. The van der Waals surface area contributed by atoms with Gasteiger partial charge in [0.1, 0.15) is 6.04 Å². The second-order valence-corrected chi connectivity index (χ2v) is 9.25. The lowest BCUT2D eigenvalue weighted by atomic mass is 10.0. The average molecular weight is 435 g/mol. The molecule has 29 heavy (non-hydrogen) atoms. The van der Waals surface area contributed by atoms with Gasteiger partial charge in [0, 0.05) is 31.3 Å². The first-order chi connectivity index (χ1) is 13.3. The van der Waals surface area contributed by atoms with E-state index in [2.05, 4.69) is 4.98 Å². The lowest BCUT2D eigenvalue weighted by Gasteiger charge is -2.35. The molecule has 1 aliphatic rings. The predicted molar refractivity (Wildman–Crippen MR) is 98.5 cm³/mol. The van der Waals surface area contributed by atoms with Crippen molar-refractivity contribution in [1.82, 2.24) is 15.4 Å². The smallest absolute Gasteiger partial charge is 0.362 e. The van der Waals surface area contributed by atoms with Crippen LogP contribution in [-0.4, -0.2) is 59.2 Å². The lowest BCUT2D eigenvalue weighted by Crippen LogP contribution is -2.52. The maximum atomic E-state index is 13.4. The third-order valence-corrected chi connectivity index (χ3v) is 6.84. The van der Waals surface area contributed by atoms with Gasteiger partial charge in [-0.15, -0.1) is 0 Å². The minimum absolute atomic E-state index is 0.310. The van der Waals surface area contributed by atoms with E-state index in [0.29, 0.717) is 11.1 Å². The Labute approximate surface area is 164 Å². The van der Waals surface area contributed by atoms with E-state index in [4.69, 9.17) is 5.21 Å². The number of aromatic amines is 1. The van der Waals surface area contributed by atoms with Crippen LogP contribution >= 0.6 is 0 Å². The number of rotatable bonds is 6. The van der Waals surface area contributed by atoms with Crippen molar-refractivity contribution < 1.29 is 31.6 Å². The van der Waals surface area contributed by atoms with Crippen LogP contribution in [0.1, 0.15) is 18.9 Å². The molecular formula is C17H20F3N3O5S. The molecule has 0 saturated heterocycles. The summed E-state index contributed by atoms with van der Waals surface area (Å²) in [5, 5.41) is 8.86. The van der Waals surface area contributed by atoms with Crippen molar-refractivity contribution in [2.24, 2.45) is 0 Å². The Kier molecular flexibility index (Phi) is 6.28. The molecule has 0 bridgehead atoms. The first kappa shape index (κ1) is 22.7. The van der Waals surface area contributed by atoms with E-state index in [-0.39, 0.29) is 0 Å². The highest BCUT2D eigenvalue weighted by Gasteiger charge is 2.46. The van der Waals surface area contributed by atoms with Gasteiger partial charge in [0.05, 0.1) is 0 Å². The molecule has 0 radical (unpaired) electrons. The number of halogens is 3. The van der Waals surface area contributed by atoms with E-state index in [9.17, 15) is 31.2 Å². The fraction of sp³-hybridized carbons (Fsp3) is 0.412. The zero-order valence-electron chi connectivity index (χ0n) is 15.5. The maximum Gasteiger partial charge on any atom is 0.412 e. The average Bonchev–Trinajstić information content (AvgIpc) is 2.63. The molecule has 0 aliphatic carbocycles. The molecule has 1 aromatic heterocycles. The van der Waals surface area contributed by atoms with Gasteiger partial charge in [-0.25, -0.2) is 13.9 Å². The van der Waals surface area contributed by atoms with Gasteiger partial charge in [-0.05, 0) is 30.5 Å². The van der Waals surface area contributed by atoms with Gasteiger partial charge in [0.25, 0.3) is 5.91 Å². The summed E-state index contributed by atoms with van der Waals surface area (Å²) in [5.41, 5.74) is 1.50. The Hall–Kier alpha value is -2.60. The van der Waals surface area contributed by atoms with Crippen molar-refractivity contribution in [2.75, 3.05) is 12.8 Å². The van der Waals surface area contributed by atoms with Gasteiger partial charge in [-0.1, -0.05) is 12.2 Å². The van der Waals surface area contributed by atoms with Crippen LogP contribution in [-0.2, 0) is 14.6 Å². The molecule has 1 amide bonds. The van der Waals surface area contributed by atoms with E-state index >= 15 is 0 Å². The molecule has 1 aromatic rings. The quantitative estimate of drug-likeness (QED) is 0.457.